The Hall–Kier alpha value is -2.80. The van der Waals surface area contributed by atoms with Crippen molar-refractivity contribution in [3.63, 3.8) is 0 Å². The topological polar surface area (TPSA) is 61.4 Å². The molecule has 0 saturated carbocycles. The van der Waals surface area contributed by atoms with Crippen LogP contribution in [0.2, 0.25) is 0 Å². The second-order valence-corrected chi connectivity index (χ2v) is 6.54. The zero-order valence-corrected chi connectivity index (χ0v) is 15.9. The summed E-state index contributed by atoms with van der Waals surface area (Å²) in [7, 11) is 1.98. The van der Waals surface area contributed by atoms with E-state index in [2.05, 4.69) is 15.5 Å². The molecule has 7 heteroatoms. The molecular weight excluding hydrogens is 364 g/mol. The van der Waals surface area contributed by atoms with E-state index in [0.717, 1.165) is 25.9 Å². The van der Waals surface area contributed by atoms with Crippen molar-refractivity contribution in [2.75, 3.05) is 33.2 Å². The van der Waals surface area contributed by atoms with Crippen LogP contribution >= 0.6 is 0 Å². The summed E-state index contributed by atoms with van der Waals surface area (Å²) in [4.78, 5) is 25.9. The van der Waals surface area contributed by atoms with Gasteiger partial charge in [-0.15, -0.1) is 0 Å². The van der Waals surface area contributed by atoms with Gasteiger partial charge in [-0.1, -0.05) is 0 Å². The highest BCUT2D eigenvalue weighted by molar-refractivity contribution is 5.94. The zero-order valence-electron chi connectivity index (χ0n) is 15.9. The molecule has 0 bridgehead atoms. The molecule has 2 aromatic rings. The Morgan fingerprint density at radius 1 is 0.750 bits per heavy atom. The van der Waals surface area contributed by atoms with E-state index in [4.69, 9.17) is 0 Å². The summed E-state index contributed by atoms with van der Waals surface area (Å²) >= 11 is 0. The van der Waals surface area contributed by atoms with E-state index < -0.39 is 0 Å². The molecule has 2 N–H and O–H groups in total. The number of benzene rings is 2. The minimum atomic E-state index is -0.368. The zero-order chi connectivity index (χ0) is 20.4. The number of rotatable bonds is 10. The van der Waals surface area contributed by atoms with E-state index in [-0.39, 0.29) is 23.4 Å². The van der Waals surface area contributed by atoms with Crippen LogP contribution in [0.25, 0.3) is 0 Å². The Balaban J connectivity index is 1.54. The Labute approximate surface area is 163 Å². The first kappa shape index (κ1) is 21.5. The second-order valence-electron chi connectivity index (χ2n) is 6.54. The third-order valence-electron chi connectivity index (χ3n) is 4.22. The molecule has 0 saturated heterocycles. The lowest BCUT2D eigenvalue weighted by molar-refractivity contribution is 0.0945. The molecule has 2 amide bonds. The average Bonchev–Trinajstić information content (AvgIpc) is 2.69. The van der Waals surface area contributed by atoms with Crippen molar-refractivity contribution in [1.29, 1.82) is 0 Å². The molecule has 150 valence electrons. The number of hydrogen-bond acceptors (Lipinski definition) is 3. The van der Waals surface area contributed by atoms with Crippen LogP contribution < -0.4 is 10.6 Å². The molecule has 0 heterocycles. The van der Waals surface area contributed by atoms with Crippen LogP contribution in [0.5, 0.6) is 0 Å². The number of carbonyl (C=O) groups excluding carboxylic acids is 2. The molecule has 2 rings (SSSR count). The average molecular weight is 389 g/mol. The number of halogens is 2. The highest BCUT2D eigenvalue weighted by Crippen LogP contribution is 2.03. The fourth-order valence-corrected chi connectivity index (χ4v) is 2.62. The lowest BCUT2D eigenvalue weighted by atomic mass is 10.2. The summed E-state index contributed by atoms with van der Waals surface area (Å²) in [5.74, 6) is -1.17. The largest absolute Gasteiger partial charge is 0.352 e. The van der Waals surface area contributed by atoms with Gasteiger partial charge < -0.3 is 15.5 Å². The fraction of sp³-hybridized carbons (Fsp3) is 0.333. The quantitative estimate of drug-likeness (QED) is 0.615. The minimum Gasteiger partial charge on any atom is -0.352 e. The molecule has 0 aliphatic carbocycles. The molecule has 0 radical (unpaired) electrons. The summed E-state index contributed by atoms with van der Waals surface area (Å²) in [6.07, 6.45) is 1.57. The summed E-state index contributed by atoms with van der Waals surface area (Å²) in [5.41, 5.74) is 0.873. The third-order valence-corrected chi connectivity index (χ3v) is 4.22. The van der Waals surface area contributed by atoms with Crippen molar-refractivity contribution < 1.29 is 18.4 Å². The summed E-state index contributed by atoms with van der Waals surface area (Å²) in [5, 5.41) is 5.61. The van der Waals surface area contributed by atoms with Gasteiger partial charge in [0.25, 0.3) is 11.8 Å². The van der Waals surface area contributed by atoms with Gasteiger partial charge in [0, 0.05) is 24.2 Å². The molecule has 5 nitrogen and oxygen atoms in total. The molecule has 0 unspecified atom stereocenters. The first-order valence-corrected chi connectivity index (χ1v) is 9.22. The van der Waals surface area contributed by atoms with E-state index in [1.807, 2.05) is 7.05 Å². The monoisotopic (exact) mass is 389 g/mol. The number of carbonyl (C=O) groups is 2. The summed E-state index contributed by atoms with van der Waals surface area (Å²) < 4.78 is 25.7. The van der Waals surface area contributed by atoms with Crippen molar-refractivity contribution in [2.24, 2.45) is 0 Å². The first-order valence-electron chi connectivity index (χ1n) is 9.22. The molecule has 0 spiro atoms. The lowest BCUT2D eigenvalue weighted by Crippen LogP contribution is -2.30. The fourth-order valence-electron chi connectivity index (χ4n) is 2.62. The molecule has 2 aromatic carbocycles. The van der Waals surface area contributed by atoms with Crippen LogP contribution in [-0.2, 0) is 0 Å². The standard InChI is InChI=1S/C21H25F2N3O2/c1-26(14-2-12-24-20(27)16-4-8-18(22)9-5-16)15-3-13-25-21(28)17-6-10-19(23)11-7-17/h4-11H,2-3,12-15H2,1H3,(H,24,27)(H,25,28). The molecule has 0 aliphatic heterocycles. The van der Waals surface area contributed by atoms with Crippen LogP contribution in [0.15, 0.2) is 48.5 Å². The van der Waals surface area contributed by atoms with Crippen molar-refractivity contribution in [3.8, 4) is 0 Å². The second kappa shape index (κ2) is 11.1. The van der Waals surface area contributed by atoms with E-state index in [0.29, 0.717) is 24.2 Å². The number of nitrogens with zero attached hydrogens (tertiary/aromatic N) is 1. The summed E-state index contributed by atoms with van der Waals surface area (Å²) in [6.45, 7) is 2.66. The molecule has 0 aliphatic rings. The van der Waals surface area contributed by atoms with Crippen LogP contribution in [0.3, 0.4) is 0 Å². The molecular formula is C21H25F2N3O2. The molecule has 0 aromatic heterocycles. The number of nitrogens with one attached hydrogen (secondary N) is 2. The Kier molecular flexibility index (Phi) is 8.55. The van der Waals surface area contributed by atoms with Crippen LogP contribution in [0.1, 0.15) is 33.6 Å². The summed E-state index contributed by atoms with van der Waals surface area (Å²) in [6, 6.07) is 10.9. The normalized spacial score (nSPS) is 10.7. The van der Waals surface area contributed by atoms with Crippen LogP contribution in [-0.4, -0.2) is 49.9 Å². The first-order chi connectivity index (χ1) is 13.5. The minimum absolute atomic E-state index is 0.217. The smallest absolute Gasteiger partial charge is 0.251 e. The maximum absolute atomic E-state index is 12.8. The van der Waals surface area contributed by atoms with E-state index in [1.165, 1.54) is 48.5 Å². The van der Waals surface area contributed by atoms with Gasteiger partial charge in [-0.05, 0) is 81.5 Å². The number of amides is 2. The van der Waals surface area contributed by atoms with E-state index in [9.17, 15) is 18.4 Å². The highest BCUT2D eigenvalue weighted by atomic mass is 19.1. The van der Waals surface area contributed by atoms with Crippen LogP contribution in [0.4, 0.5) is 8.78 Å². The maximum Gasteiger partial charge on any atom is 0.251 e. The predicted molar refractivity (Wildman–Crippen MR) is 104 cm³/mol. The van der Waals surface area contributed by atoms with Gasteiger partial charge in [0.1, 0.15) is 11.6 Å². The third kappa shape index (κ3) is 7.44. The SMILES string of the molecule is CN(CCCNC(=O)c1ccc(F)cc1)CCCNC(=O)c1ccc(F)cc1. The highest BCUT2D eigenvalue weighted by Gasteiger charge is 2.06. The van der Waals surface area contributed by atoms with Gasteiger partial charge in [0.05, 0.1) is 0 Å². The molecule has 0 atom stereocenters. The Morgan fingerprint density at radius 3 is 1.46 bits per heavy atom. The van der Waals surface area contributed by atoms with E-state index >= 15 is 0 Å². The predicted octanol–water partition coefficient (Wildman–Crippen LogP) is 2.84. The Bertz CT molecular complexity index is 699. The van der Waals surface area contributed by atoms with Crippen molar-refractivity contribution in [3.05, 3.63) is 71.3 Å². The Morgan fingerprint density at radius 2 is 1.11 bits per heavy atom. The maximum atomic E-state index is 12.8. The van der Waals surface area contributed by atoms with Gasteiger partial charge >= 0.3 is 0 Å². The van der Waals surface area contributed by atoms with Gasteiger partial charge in [0.15, 0.2) is 0 Å². The molecule has 0 fully saturated rings. The van der Waals surface area contributed by atoms with Crippen molar-refractivity contribution in [2.45, 2.75) is 12.8 Å². The van der Waals surface area contributed by atoms with Gasteiger partial charge in [-0.25, -0.2) is 8.78 Å². The van der Waals surface area contributed by atoms with Crippen molar-refractivity contribution in [1.82, 2.24) is 15.5 Å². The van der Waals surface area contributed by atoms with Crippen LogP contribution in [0, 0.1) is 11.6 Å². The van der Waals surface area contributed by atoms with Gasteiger partial charge in [-0.3, -0.25) is 9.59 Å². The lowest BCUT2D eigenvalue weighted by Gasteiger charge is -2.16. The molecule has 28 heavy (non-hydrogen) atoms. The van der Waals surface area contributed by atoms with Crippen molar-refractivity contribution >= 4 is 11.8 Å². The van der Waals surface area contributed by atoms with Gasteiger partial charge in [0.2, 0.25) is 0 Å². The van der Waals surface area contributed by atoms with E-state index in [1.54, 1.807) is 0 Å². The number of hydrogen-bond donors (Lipinski definition) is 2. The van der Waals surface area contributed by atoms with Gasteiger partial charge in [-0.2, -0.15) is 0 Å².